The summed E-state index contributed by atoms with van der Waals surface area (Å²) in [6, 6.07) is -0.0986. The van der Waals surface area contributed by atoms with E-state index in [1.807, 2.05) is 17.2 Å². The third-order valence-corrected chi connectivity index (χ3v) is 4.63. The second-order valence-corrected chi connectivity index (χ2v) is 6.29. The van der Waals surface area contributed by atoms with Gasteiger partial charge in [0, 0.05) is 18.5 Å². The fourth-order valence-corrected chi connectivity index (χ4v) is 3.02. The van der Waals surface area contributed by atoms with E-state index in [4.69, 9.17) is 5.73 Å². The van der Waals surface area contributed by atoms with Crippen molar-refractivity contribution in [1.82, 2.24) is 9.88 Å². The van der Waals surface area contributed by atoms with Crippen molar-refractivity contribution in [1.29, 1.82) is 0 Å². The Kier molecular flexibility index (Phi) is 4.02. The van der Waals surface area contributed by atoms with Crippen molar-refractivity contribution in [2.24, 2.45) is 17.6 Å². The van der Waals surface area contributed by atoms with Gasteiger partial charge in [-0.15, -0.1) is 11.3 Å². The van der Waals surface area contributed by atoms with E-state index in [0.717, 1.165) is 24.5 Å². The fourth-order valence-electron chi connectivity index (χ4n) is 2.27. The monoisotopic (exact) mass is 267 g/mol. The largest absolute Gasteiger partial charge is 0.337 e. The summed E-state index contributed by atoms with van der Waals surface area (Å²) in [7, 11) is 0. The van der Waals surface area contributed by atoms with Crippen LogP contribution < -0.4 is 5.73 Å². The molecule has 1 aromatic rings. The van der Waals surface area contributed by atoms with Crippen molar-refractivity contribution < 1.29 is 4.79 Å². The van der Waals surface area contributed by atoms with Crippen LogP contribution >= 0.6 is 11.3 Å². The summed E-state index contributed by atoms with van der Waals surface area (Å²) >= 11 is 1.47. The molecule has 1 saturated heterocycles. The number of aromatic nitrogens is 1. The Morgan fingerprint density at radius 3 is 2.78 bits per heavy atom. The lowest BCUT2D eigenvalue weighted by molar-refractivity contribution is 0.0779. The predicted molar refractivity (Wildman–Crippen MR) is 73.6 cm³/mol. The molecule has 0 saturated carbocycles. The molecule has 1 fully saturated rings. The summed E-state index contributed by atoms with van der Waals surface area (Å²) in [4.78, 5) is 18.5. The van der Waals surface area contributed by atoms with E-state index in [0.29, 0.717) is 17.5 Å². The normalized spacial score (nSPS) is 21.6. The average molecular weight is 267 g/mol. The van der Waals surface area contributed by atoms with Crippen molar-refractivity contribution in [2.45, 2.75) is 33.2 Å². The van der Waals surface area contributed by atoms with E-state index >= 15 is 0 Å². The van der Waals surface area contributed by atoms with Gasteiger partial charge < -0.3 is 10.6 Å². The van der Waals surface area contributed by atoms with E-state index in [9.17, 15) is 4.79 Å². The van der Waals surface area contributed by atoms with Gasteiger partial charge in [0.25, 0.3) is 5.91 Å². The lowest BCUT2D eigenvalue weighted by Gasteiger charge is -2.17. The zero-order valence-electron chi connectivity index (χ0n) is 11.2. The van der Waals surface area contributed by atoms with Crippen LogP contribution in [0.25, 0.3) is 0 Å². The van der Waals surface area contributed by atoms with E-state index in [1.54, 1.807) is 0 Å². The lowest BCUT2D eigenvalue weighted by atomic mass is 9.95. The molecule has 2 heterocycles. The van der Waals surface area contributed by atoms with Crippen LogP contribution in [0.3, 0.4) is 0 Å². The maximum atomic E-state index is 12.3. The standard InChI is InChI=1S/C13H21N3OS/c1-8(2)10-4-5-16(6-10)13(17)11-7-18-12(15-11)9(3)14/h7-10H,4-6,14H2,1-3H3. The van der Waals surface area contributed by atoms with E-state index in [2.05, 4.69) is 18.8 Å². The van der Waals surface area contributed by atoms with Gasteiger partial charge in [0.15, 0.2) is 0 Å². The molecule has 0 aliphatic carbocycles. The first-order valence-corrected chi connectivity index (χ1v) is 7.37. The quantitative estimate of drug-likeness (QED) is 0.914. The first kappa shape index (κ1) is 13.5. The first-order valence-electron chi connectivity index (χ1n) is 6.49. The minimum Gasteiger partial charge on any atom is -0.337 e. The summed E-state index contributed by atoms with van der Waals surface area (Å²) < 4.78 is 0. The second kappa shape index (κ2) is 5.36. The molecule has 100 valence electrons. The number of rotatable bonds is 3. The second-order valence-electron chi connectivity index (χ2n) is 5.40. The molecular weight excluding hydrogens is 246 g/mol. The van der Waals surface area contributed by atoms with Gasteiger partial charge >= 0.3 is 0 Å². The minimum atomic E-state index is -0.0986. The molecule has 0 radical (unpaired) electrons. The highest BCUT2D eigenvalue weighted by Gasteiger charge is 2.29. The van der Waals surface area contributed by atoms with Crippen LogP contribution in [0.15, 0.2) is 5.38 Å². The zero-order chi connectivity index (χ0) is 13.3. The van der Waals surface area contributed by atoms with Crippen molar-refractivity contribution in [3.05, 3.63) is 16.1 Å². The van der Waals surface area contributed by atoms with Gasteiger partial charge in [-0.05, 0) is 25.2 Å². The molecule has 0 spiro atoms. The summed E-state index contributed by atoms with van der Waals surface area (Å²) in [5.74, 6) is 1.32. The van der Waals surface area contributed by atoms with Crippen LogP contribution in [0.5, 0.6) is 0 Å². The van der Waals surface area contributed by atoms with Gasteiger partial charge in [0.2, 0.25) is 0 Å². The zero-order valence-corrected chi connectivity index (χ0v) is 12.0. The molecule has 2 atom stereocenters. The molecule has 5 heteroatoms. The highest BCUT2D eigenvalue weighted by atomic mass is 32.1. The number of thiazole rings is 1. The van der Waals surface area contributed by atoms with E-state index in [1.165, 1.54) is 11.3 Å². The highest BCUT2D eigenvalue weighted by molar-refractivity contribution is 7.09. The van der Waals surface area contributed by atoms with Gasteiger partial charge in [0.05, 0.1) is 6.04 Å². The van der Waals surface area contributed by atoms with Crippen LogP contribution in [0, 0.1) is 11.8 Å². The third-order valence-electron chi connectivity index (χ3n) is 3.59. The molecule has 2 rings (SSSR count). The Bertz CT molecular complexity index is 428. The Morgan fingerprint density at radius 2 is 2.28 bits per heavy atom. The molecule has 2 N–H and O–H groups in total. The van der Waals surface area contributed by atoms with Gasteiger partial charge in [-0.2, -0.15) is 0 Å². The molecule has 1 aliphatic heterocycles. The van der Waals surface area contributed by atoms with Crippen LogP contribution in [0.2, 0.25) is 0 Å². The Morgan fingerprint density at radius 1 is 1.56 bits per heavy atom. The number of likely N-dealkylation sites (tertiary alicyclic amines) is 1. The van der Waals surface area contributed by atoms with Crippen LogP contribution in [-0.2, 0) is 0 Å². The van der Waals surface area contributed by atoms with Crippen molar-refractivity contribution in [3.63, 3.8) is 0 Å². The smallest absolute Gasteiger partial charge is 0.273 e. The summed E-state index contributed by atoms with van der Waals surface area (Å²) in [5, 5.41) is 2.65. The van der Waals surface area contributed by atoms with Gasteiger partial charge in [-0.25, -0.2) is 4.98 Å². The molecule has 1 amide bonds. The SMILES string of the molecule is CC(N)c1nc(C(=O)N2CCC(C(C)C)C2)cs1. The molecule has 18 heavy (non-hydrogen) atoms. The number of amides is 1. The first-order chi connectivity index (χ1) is 8.49. The summed E-state index contributed by atoms with van der Waals surface area (Å²) in [6.07, 6.45) is 1.10. The van der Waals surface area contributed by atoms with Crippen molar-refractivity contribution >= 4 is 17.2 Å². The number of nitrogens with zero attached hydrogens (tertiary/aromatic N) is 2. The summed E-state index contributed by atoms with van der Waals surface area (Å²) in [6.45, 7) is 8.04. The Hall–Kier alpha value is -0.940. The lowest BCUT2D eigenvalue weighted by Crippen LogP contribution is -2.29. The Labute approximate surface area is 112 Å². The number of carbonyl (C=O) groups is 1. The highest BCUT2D eigenvalue weighted by Crippen LogP contribution is 2.25. The number of nitrogens with two attached hydrogens (primary N) is 1. The molecule has 0 bridgehead atoms. The number of carbonyl (C=O) groups excluding carboxylic acids is 1. The molecular formula is C13H21N3OS. The maximum Gasteiger partial charge on any atom is 0.273 e. The number of hydrogen-bond acceptors (Lipinski definition) is 4. The fraction of sp³-hybridized carbons (Fsp3) is 0.692. The van der Waals surface area contributed by atoms with Crippen LogP contribution in [-0.4, -0.2) is 28.9 Å². The molecule has 4 nitrogen and oxygen atoms in total. The van der Waals surface area contributed by atoms with E-state index < -0.39 is 0 Å². The van der Waals surface area contributed by atoms with Crippen LogP contribution in [0.4, 0.5) is 0 Å². The van der Waals surface area contributed by atoms with Gasteiger partial charge in [-0.1, -0.05) is 13.8 Å². The average Bonchev–Trinajstić information content (AvgIpc) is 2.97. The van der Waals surface area contributed by atoms with Gasteiger partial charge in [0.1, 0.15) is 10.7 Å². The minimum absolute atomic E-state index is 0.0568. The summed E-state index contributed by atoms with van der Waals surface area (Å²) in [5.41, 5.74) is 6.32. The third kappa shape index (κ3) is 2.72. The van der Waals surface area contributed by atoms with Crippen molar-refractivity contribution in [3.8, 4) is 0 Å². The van der Waals surface area contributed by atoms with Gasteiger partial charge in [-0.3, -0.25) is 4.79 Å². The molecule has 1 aromatic heterocycles. The predicted octanol–water partition coefficient (Wildman–Crippen LogP) is 2.28. The molecule has 2 unspecified atom stereocenters. The van der Waals surface area contributed by atoms with E-state index in [-0.39, 0.29) is 11.9 Å². The Balaban J connectivity index is 2.03. The molecule has 0 aromatic carbocycles. The molecule has 1 aliphatic rings. The van der Waals surface area contributed by atoms with Crippen molar-refractivity contribution in [2.75, 3.05) is 13.1 Å². The van der Waals surface area contributed by atoms with Crippen LogP contribution in [0.1, 0.15) is 48.7 Å². The topological polar surface area (TPSA) is 59.2 Å². The number of hydrogen-bond donors (Lipinski definition) is 1. The maximum absolute atomic E-state index is 12.3.